The van der Waals surface area contributed by atoms with E-state index in [2.05, 4.69) is 11.8 Å². The molecule has 2 nitrogen and oxygen atoms in total. The topological polar surface area (TPSA) is 29.3 Å². The molecule has 0 aromatic heterocycles. The first-order valence-electron chi connectivity index (χ1n) is 5.86. The molecule has 0 bridgehead atoms. The molecule has 1 aliphatic rings. The summed E-state index contributed by atoms with van der Waals surface area (Å²) >= 11 is 0. The van der Waals surface area contributed by atoms with Crippen molar-refractivity contribution < 1.29 is 4.39 Å². The van der Waals surface area contributed by atoms with E-state index in [1.165, 1.54) is 0 Å². The molecule has 0 amide bonds. The van der Waals surface area contributed by atoms with E-state index in [-0.39, 0.29) is 11.9 Å². The molecule has 1 fully saturated rings. The highest BCUT2D eigenvalue weighted by Gasteiger charge is 2.24. The predicted molar refractivity (Wildman–Crippen MR) is 65.2 cm³/mol. The Bertz CT molecular complexity index is 378. The summed E-state index contributed by atoms with van der Waals surface area (Å²) in [6, 6.07) is 6.01. The lowest BCUT2D eigenvalue weighted by Gasteiger charge is -2.38. The van der Waals surface area contributed by atoms with Crippen LogP contribution in [0.4, 0.5) is 10.1 Å². The average molecular weight is 222 g/mol. The maximum atomic E-state index is 13.8. The summed E-state index contributed by atoms with van der Waals surface area (Å²) in [4.78, 5) is 2.12. The van der Waals surface area contributed by atoms with E-state index >= 15 is 0 Å². The van der Waals surface area contributed by atoms with Crippen LogP contribution in [0.1, 0.15) is 25.3 Å². The maximum absolute atomic E-state index is 13.8. The summed E-state index contributed by atoms with van der Waals surface area (Å²) in [5.74, 6) is -0.123. The minimum atomic E-state index is -0.123. The monoisotopic (exact) mass is 222 g/mol. The van der Waals surface area contributed by atoms with Gasteiger partial charge in [-0.25, -0.2) is 4.39 Å². The average Bonchev–Trinajstić information content (AvgIpc) is 2.19. The molecule has 88 valence electrons. The molecular formula is C13H19FN2. The summed E-state index contributed by atoms with van der Waals surface area (Å²) in [6.07, 6.45) is 1.88. The quantitative estimate of drug-likeness (QED) is 0.791. The first kappa shape index (κ1) is 11.4. The molecule has 2 rings (SSSR count). The summed E-state index contributed by atoms with van der Waals surface area (Å²) in [5, 5.41) is 0. The molecular weight excluding hydrogens is 203 g/mol. The lowest BCUT2D eigenvalue weighted by molar-refractivity contribution is 0.424. The minimum Gasteiger partial charge on any atom is -0.366 e. The smallest absolute Gasteiger partial charge is 0.146 e. The number of piperidine rings is 1. The van der Waals surface area contributed by atoms with Gasteiger partial charge < -0.3 is 10.6 Å². The molecule has 2 N–H and O–H groups in total. The van der Waals surface area contributed by atoms with E-state index in [4.69, 9.17) is 5.73 Å². The van der Waals surface area contributed by atoms with Gasteiger partial charge in [-0.05, 0) is 44.4 Å². The van der Waals surface area contributed by atoms with Crippen molar-refractivity contribution in [2.24, 2.45) is 5.73 Å². The fourth-order valence-electron chi connectivity index (χ4n) is 2.41. The lowest BCUT2D eigenvalue weighted by Crippen LogP contribution is -2.46. The maximum Gasteiger partial charge on any atom is 0.146 e. The number of nitrogens with two attached hydrogens (primary N) is 1. The number of hydrogen-bond donors (Lipinski definition) is 1. The van der Waals surface area contributed by atoms with Gasteiger partial charge in [-0.15, -0.1) is 0 Å². The van der Waals surface area contributed by atoms with Gasteiger partial charge in [0.15, 0.2) is 0 Å². The third-order valence-electron chi connectivity index (χ3n) is 3.33. The Kier molecular flexibility index (Phi) is 3.15. The minimum absolute atomic E-state index is 0.123. The zero-order chi connectivity index (χ0) is 11.7. The Morgan fingerprint density at radius 1 is 1.44 bits per heavy atom. The summed E-state index contributed by atoms with van der Waals surface area (Å²) in [6.45, 7) is 4.86. The van der Waals surface area contributed by atoms with Gasteiger partial charge in [-0.1, -0.05) is 6.07 Å². The highest BCUT2D eigenvalue weighted by Crippen LogP contribution is 2.27. The number of nitrogens with zero attached hydrogens (tertiary/aromatic N) is 1. The molecule has 1 aliphatic heterocycles. The zero-order valence-electron chi connectivity index (χ0n) is 9.91. The van der Waals surface area contributed by atoms with Crippen LogP contribution in [-0.4, -0.2) is 18.6 Å². The molecule has 2 atom stereocenters. The molecule has 0 aliphatic carbocycles. The summed E-state index contributed by atoms with van der Waals surface area (Å²) in [7, 11) is 0. The Morgan fingerprint density at radius 2 is 2.19 bits per heavy atom. The molecule has 3 heteroatoms. The van der Waals surface area contributed by atoms with Gasteiger partial charge in [0.1, 0.15) is 5.82 Å². The Labute approximate surface area is 96.2 Å². The molecule has 16 heavy (non-hydrogen) atoms. The first-order chi connectivity index (χ1) is 7.58. The number of rotatable bonds is 1. The van der Waals surface area contributed by atoms with Crippen molar-refractivity contribution in [2.45, 2.75) is 38.8 Å². The summed E-state index contributed by atoms with van der Waals surface area (Å²) in [5.41, 5.74) is 7.58. The van der Waals surface area contributed by atoms with Crippen LogP contribution in [0, 0.1) is 12.7 Å². The number of halogens is 1. The second-order valence-electron chi connectivity index (χ2n) is 4.78. The van der Waals surface area contributed by atoms with E-state index in [1.807, 2.05) is 19.1 Å². The van der Waals surface area contributed by atoms with Crippen molar-refractivity contribution in [1.29, 1.82) is 0 Å². The number of aryl methyl sites for hydroxylation is 1. The molecule has 2 unspecified atom stereocenters. The van der Waals surface area contributed by atoms with Crippen LogP contribution in [0.5, 0.6) is 0 Å². The fourth-order valence-corrected chi connectivity index (χ4v) is 2.41. The van der Waals surface area contributed by atoms with Crippen LogP contribution in [0.25, 0.3) is 0 Å². The van der Waals surface area contributed by atoms with Crippen LogP contribution in [0.15, 0.2) is 18.2 Å². The van der Waals surface area contributed by atoms with Crippen molar-refractivity contribution in [3.05, 3.63) is 29.6 Å². The van der Waals surface area contributed by atoms with Gasteiger partial charge >= 0.3 is 0 Å². The van der Waals surface area contributed by atoms with Gasteiger partial charge in [0.05, 0.1) is 5.69 Å². The largest absolute Gasteiger partial charge is 0.366 e. The molecule has 0 radical (unpaired) electrons. The SMILES string of the molecule is Cc1ccc(N2CCC(N)CC2C)c(F)c1. The second kappa shape index (κ2) is 4.42. The third-order valence-corrected chi connectivity index (χ3v) is 3.33. The van der Waals surface area contributed by atoms with Crippen molar-refractivity contribution in [2.75, 3.05) is 11.4 Å². The van der Waals surface area contributed by atoms with Gasteiger partial charge in [-0.3, -0.25) is 0 Å². The van der Waals surface area contributed by atoms with Crippen LogP contribution < -0.4 is 10.6 Å². The van der Waals surface area contributed by atoms with E-state index in [1.54, 1.807) is 6.07 Å². The molecule has 0 spiro atoms. The van der Waals surface area contributed by atoms with Gasteiger partial charge in [0.2, 0.25) is 0 Å². The van der Waals surface area contributed by atoms with Crippen molar-refractivity contribution >= 4 is 5.69 Å². The highest BCUT2D eigenvalue weighted by atomic mass is 19.1. The molecule has 1 heterocycles. The van der Waals surface area contributed by atoms with Crippen molar-refractivity contribution in [3.63, 3.8) is 0 Å². The van der Waals surface area contributed by atoms with E-state index in [9.17, 15) is 4.39 Å². The molecule has 1 aromatic carbocycles. The van der Waals surface area contributed by atoms with Crippen LogP contribution in [0.3, 0.4) is 0 Å². The standard InChI is InChI=1S/C13H19FN2/c1-9-3-4-13(12(14)7-9)16-6-5-11(15)8-10(16)2/h3-4,7,10-11H,5-6,8,15H2,1-2H3. The lowest BCUT2D eigenvalue weighted by atomic mass is 9.98. The van der Waals surface area contributed by atoms with Crippen LogP contribution in [0.2, 0.25) is 0 Å². The second-order valence-corrected chi connectivity index (χ2v) is 4.78. The van der Waals surface area contributed by atoms with Crippen molar-refractivity contribution in [1.82, 2.24) is 0 Å². The van der Waals surface area contributed by atoms with Crippen LogP contribution in [-0.2, 0) is 0 Å². The fraction of sp³-hybridized carbons (Fsp3) is 0.538. The van der Waals surface area contributed by atoms with Crippen molar-refractivity contribution in [3.8, 4) is 0 Å². The first-order valence-corrected chi connectivity index (χ1v) is 5.86. The predicted octanol–water partition coefficient (Wildman–Crippen LogP) is 2.45. The summed E-state index contributed by atoms with van der Waals surface area (Å²) < 4.78 is 13.8. The molecule has 1 aromatic rings. The third kappa shape index (κ3) is 2.19. The van der Waals surface area contributed by atoms with E-state index < -0.39 is 0 Å². The Balaban J connectivity index is 2.23. The Hall–Kier alpha value is -1.09. The number of hydrogen-bond acceptors (Lipinski definition) is 2. The normalized spacial score (nSPS) is 25.9. The highest BCUT2D eigenvalue weighted by molar-refractivity contribution is 5.50. The van der Waals surface area contributed by atoms with Gasteiger partial charge in [-0.2, -0.15) is 0 Å². The van der Waals surface area contributed by atoms with Gasteiger partial charge in [0.25, 0.3) is 0 Å². The van der Waals surface area contributed by atoms with Crippen LogP contribution >= 0.6 is 0 Å². The van der Waals surface area contributed by atoms with Gasteiger partial charge in [0, 0.05) is 18.6 Å². The van der Waals surface area contributed by atoms with E-state index in [0.717, 1.165) is 24.9 Å². The molecule has 0 saturated carbocycles. The van der Waals surface area contributed by atoms with E-state index in [0.29, 0.717) is 11.7 Å². The zero-order valence-corrected chi connectivity index (χ0v) is 9.91. The number of benzene rings is 1. The number of anilines is 1. The molecule has 1 saturated heterocycles. The Morgan fingerprint density at radius 3 is 2.81 bits per heavy atom.